The number of hydrogen-bond donors (Lipinski definition) is 0. The molecule has 1 saturated heterocycles. The zero-order valence-electron chi connectivity index (χ0n) is 19.4. The van der Waals surface area contributed by atoms with Gasteiger partial charge in [-0.15, -0.1) is 0 Å². The Balaban J connectivity index is 1.65. The summed E-state index contributed by atoms with van der Waals surface area (Å²) in [5, 5.41) is 4.27. The van der Waals surface area contributed by atoms with E-state index in [0.29, 0.717) is 38.3 Å². The maximum absolute atomic E-state index is 13.4. The summed E-state index contributed by atoms with van der Waals surface area (Å²) >= 11 is 0. The van der Waals surface area contributed by atoms with E-state index in [1.165, 1.54) is 0 Å². The van der Waals surface area contributed by atoms with Crippen LogP contribution in [0.2, 0.25) is 0 Å². The molecule has 0 N–H and O–H groups in total. The van der Waals surface area contributed by atoms with Gasteiger partial charge in [0.2, 0.25) is 5.91 Å². The van der Waals surface area contributed by atoms with Crippen LogP contribution in [0, 0.1) is 5.92 Å². The van der Waals surface area contributed by atoms with E-state index < -0.39 is 0 Å². The first kappa shape index (κ1) is 22.6. The smallest absolute Gasteiger partial charge is 0.274 e. The van der Waals surface area contributed by atoms with Crippen LogP contribution in [0.15, 0.2) is 60.8 Å². The van der Waals surface area contributed by atoms with Crippen LogP contribution >= 0.6 is 0 Å². The van der Waals surface area contributed by atoms with Crippen molar-refractivity contribution in [2.24, 2.45) is 13.0 Å². The van der Waals surface area contributed by atoms with E-state index in [0.717, 1.165) is 22.4 Å². The average Bonchev–Trinajstić information content (AvgIpc) is 3.22. The summed E-state index contributed by atoms with van der Waals surface area (Å²) < 4.78 is 7.20. The molecule has 7 heteroatoms. The van der Waals surface area contributed by atoms with E-state index in [9.17, 15) is 9.59 Å². The zero-order valence-corrected chi connectivity index (χ0v) is 19.4. The van der Waals surface area contributed by atoms with E-state index in [1.54, 1.807) is 36.0 Å². The third-order valence-corrected chi connectivity index (χ3v) is 6.22. The first-order chi connectivity index (χ1) is 16.0. The van der Waals surface area contributed by atoms with Gasteiger partial charge in [-0.25, -0.2) is 0 Å². The molecular weight excluding hydrogens is 416 g/mol. The third kappa shape index (κ3) is 4.77. The van der Waals surface area contributed by atoms with Gasteiger partial charge in [0.1, 0.15) is 11.4 Å². The predicted molar refractivity (Wildman–Crippen MR) is 127 cm³/mol. The van der Waals surface area contributed by atoms with E-state index in [4.69, 9.17) is 4.74 Å². The normalized spacial score (nSPS) is 16.6. The van der Waals surface area contributed by atoms with Crippen LogP contribution < -0.4 is 4.74 Å². The molecule has 0 unspecified atom stereocenters. The lowest BCUT2D eigenvalue weighted by atomic mass is 9.91. The van der Waals surface area contributed by atoms with Gasteiger partial charge in [0.25, 0.3) is 5.91 Å². The number of likely N-dealkylation sites (N-methyl/N-ethyl adjacent to an activating group) is 1. The van der Waals surface area contributed by atoms with Gasteiger partial charge in [0, 0.05) is 45.0 Å². The second-order valence-electron chi connectivity index (χ2n) is 8.30. The van der Waals surface area contributed by atoms with Gasteiger partial charge in [0.05, 0.1) is 13.0 Å². The van der Waals surface area contributed by atoms with Gasteiger partial charge in [-0.3, -0.25) is 14.3 Å². The zero-order chi connectivity index (χ0) is 23.4. The Bertz CT molecular complexity index is 1140. The Kier molecular flexibility index (Phi) is 6.77. The standard InChI is InChI=1S/C26H30N4O3/c1-4-29-15-16-30(26(32)23-13-14-28(2)27-23)18-20(25(29)31)17-19-9-5-6-10-21(19)22-11-7-8-12-24(22)33-3/h5-14,20H,4,15-18H2,1-3H3/t20-/m0/s1. The van der Waals surface area contributed by atoms with Crippen molar-refractivity contribution < 1.29 is 14.3 Å². The maximum atomic E-state index is 13.4. The molecule has 1 atom stereocenters. The van der Waals surface area contributed by atoms with Gasteiger partial charge >= 0.3 is 0 Å². The molecule has 0 bridgehead atoms. The summed E-state index contributed by atoms with van der Waals surface area (Å²) in [6.45, 7) is 3.99. The molecule has 2 amide bonds. The van der Waals surface area contributed by atoms with Crippen LogP contribution in [0.4, 0.5) is 0 Å². The first-order valence-corrected chi connectivity index (χ1v) is 11.3. The molecule has 1 fully saturated rings. The van der Waals surface area contributed by atoms with Crippen molar-refractivity contribution >= 4 is 11.8 Å². The molecule has 1 aromatic heterocycles. The number of ether oxygens (including phenoxy) is 1. The highest BCUT2D eigenvalue weighted by Gasteiger charge is 2.33. The summed E-state index contributed by atoms with van der Waals surface area (Å²) in [5.41, 5.74) is 3.50. The van der Waals surface area contributed by atoms with Crippen molar-refractivity contribution in [1.29, 1.82) is 0 Å². The average molecular weight is 447 g/mol. The van der Waals surface area contributed by atoms with Crippen LogP contribution in [0.1, 0.15) is 23.0 Å². The molecule has 172 valence electrons. The second kappa shape index (κ2) is 9.90. The van der Waals surface area contributed by atoms with Gasteiger partial charge < -0.3 is 14.5 Å². The molecule has 2 heterocycles. The number of aryl methyl sites for hydroxylation is 1. The fraction of sp³-hybridized carbons (Fsp3) is 0.346. The molecule has 33 heavy (non-hydrogen) atoms. The molecule has 0 spiro atoms. The van der Waals surface area contributed by atoms with Crippen LogP contribution in [-0.4, -0.2) is 64.7 Å². The highest BCUT2D eigenvalue weighted by molar-refractivity contribution is 5.93. The molecule has 2 aromatic carbocycles. The van der Waals surface area contributed by atoms with Crippen molar-refractivity contribution in [3.63, 3.8) is 0 Å². The van der Waals surface area contributed by atoms with Crippen molar-refractivity contribution in [3.05, 3.63) is 72.1 Å². The number of carbonyl (C=O) groups is 2. The van der Waals surface area contributed by atoms with Crippen molar-refractivity contribution in [1.82, 2.24) is 19.6 Å². The van der Waals surface area contributed by atoms with Gasteiger partial charge in [-0.1, -0.05) is 42.5 Å². The van der Waals surface area contributed by atoms with Gasteiger partial charge in [-0.2, -0.15) is 5.10 Å². The number of carbonyl (C=O) groups excluding carboxylic acids is 2. The summed E-state index contributed by atoms with van der Waals surface area (Å²) in [6.07, 6.45) is 2.30. The Morgan fingerprint density at radius 3 is 2.48 bits per heavy atom. The largest absolute Gasteiger partial charge is 0.496 e. The third-order valence-electron chi connectivity index (χ3n) is 6.22. The van der Waals surface area contributed by atoms with E-state index in [1.807, 2.05) is 48.2 Å². The Labute approximate surface area is 194 Å². The SMILES string of the molecule is CCN1CCN(C(=O)c2ccn(C)n2)C[C@H](Cc2ccccc2-c2ccccc2OC)C1=O. The van der Waals surface area contributed by atoms with Crippen LogP contribution in [0.5, 0.6) is 5.75 Å². The Morgan fingerprint density at radius 1 is 1.06 bits per heavy atom. The van der Waals surface area contributed by atoms with Crippen LogP contribution in [-0.2, 0) is 18.3 Å². The first-order valence-electron chi connectivity index (χ1n) is 11.3. The minimum Gasteiger partial charge on any atom is -0.496 e. The molecule has 3 aromatic rings. The number of hydrogen-bond acceptors (Lipinski definition) is 4. The molecule has 7 nitrogen and oxygen atoms in total. The number of rotatable bonds is 6. The Hall–Kier alpha value is -3.61. The lowest BCUT2D eigenvalue weighted by Crippen LogP contribution is -2.38. The minimum absolute atomic E-state index is 0.0867. The molecule has 1 aliphatic rings. The van der Waals surface area contributed by atoms with Crippen LogP contribution in [0.25, 0.3) is 11.1 Å². The van der Waals surface area contributed by atoms with Crippen LogP contribution in [0.3, 0.4) is 0 Å². The Morgan fingerprint density at radius 2 is 1.79 bits per heavy atom. The predicted octanol–water partition coefficient (Wildman–Crippen LogP) is 3.26. The maximum Gasteiger partial charge on any atom is 0.274 e. The highest BCUT2D eigenvalue weighted by Crippen LogP contribution is 2.33. The molecular formula is C26H30N4O3. The molecule has 0 saturated carbocycles. The number of nitrogens with zero attached hydrogens (tertiary/aromatic N) is 4. The van der Waals surface area contributed by atoms with E-state index in [2.05, 4.69) is 17.2 Å². The fourth-order valence-corrected chi connectivity index (χ4v) is 4.48. The van der Waals surface area contributed by atoms with Gasteiger partial charge in [0.15, 0.2) is 0 Å². The summed E-state index contributed by atoms with van der Waals surface area (Å²) in [6, 6.07) is 17.7. The number of benzene rings is 2. The topological polar surface area (TPSA) is 67.7 Å². The molecule has 0 aliphatic carbocycles. The summed E-state index contributed by atoms with van der Waals surface area (Å²) in [7, 11) is 3.45. The second-order valence-corrected chi connectivity index (χ2v) is 8.30. The summed E-state index contributed by atoms with van der Waals surface area (Å²) in [4.78, 5) is 30.2. The number of aromatic nitrogens is 2. The van der Waals surface area contributed by atoms with Crippen molar-refractivity contribution in [2.75, 3.05) is 33.3 Å². The molecule has 0 radical (unpaired) electrons. The van der Waals surface area contributed by atoms with E-state index in [-0.39, 0.29) is 17.7 Å². The highest BCUT2D eigenvalue weighted by atomic mass is 16.5. The lowest BCUT2D eigenvalue weighted by Gasteiger charge is -2.24. The summed E-state index contributed by atoms with van der Waals surface area (Å²) in [5.74, 6) is 0.406. The fourth-order valence-electron chi connectivity index (χ4n) is 4.48. The van der Waals surface area contributed by atoms with E-state index >= 15 is 0 Å². The molecule has 4 rings (SSSR count). The number of para-hydroxylation sites is 1. The monoisotopic (exact) mass is 446 g/mol. The van der Waals surface area contributed by atoms with Gasteiger partial charge in [-0.05, 0) is 36.6 Å². The van der Waals surface area contributed by atoms with Crippen molar-refractivity contribution in [2.45, 2.75) is 13.3 Å². The minimum atomic E-state index is -0.337. The molecule has 1 aliphatic heterocycles. The quantitative estimate of drug-likeness (QED) is 0.583. The number of amides is 2. The van der Waals surface area contributed by atoms with Crippen molar-refractivity contribution in [3.8, 4) is 16.9 Å². The lowest BCUT2D eigenvalue weighted by molar-refractivity contribution is -0.134. The number of methoxy groups -OCH3 is 1.